The van der Waals surface area contributed by atoms with Crippen LogP contribution < -0.4 is 6.15 Å². The second kappa shape index (κ2) is 3.35. The summed E-state index contributed by atoms with van der Waals surface area (Å²) in [4.78, 5) is 13.0. The maximum absolute atomic E-state index is 9.62. The third-order valence-electron chi connectivity index (χ3n) is 0.579. The third-order valence-corrected chi connectivity index (χ3v) is 0.579. The zero-order valence-corrected chi connectivity index (χ0v) is 5.18. The maximum atomic E-state index is 9.62. The van der Waals surface area contributed by atoms with Gasteiger partial charge in [0.05, 0.1) is 6.33 Å². The summed E-state index contributed by atoms with van der Waals surface area (Å²) in [5.74, 6) is -0.0972. The highest BCUT2D eigenvalue weighted by atomic mass is 16.7. The van der Waals surface area contributed by atoms with Crippen LogP contribution in [0.3, 0.4) is 0 Å². The minimum absolute atomic E-state index is 0. The SMILES string of the molecule is O=[N+]([O-])[N-]c1ncn[nH]1.[NH4+]. The van der Waals surface area contributed by atoms with E-state index in [9.17, 15) is 10.1 Å². The number of nitrogens with zero attached hydrogens (tertiary/aromatic N) is 4. The lowest BCUT2D eigenvalue weighted by Gasteiger charge is -1.92. The number of aromatic nitrogens is 3. The van der Waals surface area contributed by atoms with Crippen molar-refractivity contribution in [3.8, 4) is 0 Å². The number of rotatable bonds is 2. The Balaban J connectivity index is 0.000000810. The quantitative estimate of drug-likeness (QED) is 0.460. The van der Waals surface area contributed by atoms with Gasteiger partial charge in [0.15, 0.2) is 0 Å². The highest BCUT2D eigenvalue weighted by Gasteiger charge is 1.90. The Kier molecular flexibility index (Phi) is 2.78. The molecule has 0 aromatic carbocycles. The fraction of sp³-hybridized carbons (Fsp3) is 0. The molecule has 0 aliphatic carbocycles. The van der Waals surface area contributed by atoms with Crippen LogP contribution in [-0.2, 0) is 0 Å². The van der Waals surface area contributed by atoms with E-state index in [1.54, 1.807) is 0 Å². The van der Waals surface area contributed by atoms with Crippen molar-refractivity contribution in [2.24, 2.45) is 0 Å². The summed E-state index contributed by atoms with van der Waals surface area (Å²) in [6.07, 6.45) is 1.14. The molecule has 5 N–H and O–H groups in total. The summed E-state index contributed by atoms with van der Waals surface area (Å²) in [5, 5.41) is 14.3. The van der Waals surface area contributed by atoms with Gasteiger partial charge in [-0.3, -0.25) is 0 Å². The van der Waals surface area contributed by atoms with Crippen molar-refractivity contribution in [3.63, 3.8) is 0 Å². The van der Waals surface area contributed by atoms with E-state index in [1.807, 2.05) is 0 Å². The van der Waals surface area contributed by atoms with Gasteiger partial charge in [-0.05, 0) is 0 Å². The number of hydrogen-bond acceptors (Lipinski definition) is 4. The van der Waals surface area contributed by atoms with Gasteiger partial charge < -0.3 is 16.2 Å². The number of hydrogen-bond donors (Lipinski definition) is 2. The van der Waals surface area contributed by atoms with Crippen LogP contribution in [0.5, 0.6) is 0 Å². The third kappa shape index (κ3) is 2.05. The first-order valence-corrected chi connectivity index (χ1v) is 2.00. The normalized spacial score (nSPS) is 8.00. The average molecular weight is 146 g/mol. The van der Waals surface area contributed by atoms with Crippen LogP contribution in [-0.4, -0.2) is 20.2 Å². The van der Waals surface area contributed by atoms with Crippen LogP contribution in [0, 0.1) is 10.1 Å². The molecule has 0 saturated heterocycles. The summed E-state index contributed by atoms with van der Waals surface area (Å²) < 4.78 is 0. The first kappa shape index (κ1) is 8.30. The lowest BCUT2D eigenvalue weighted by atomic mass is 11.1. The van der Waals surface area contributed by atoms with E-state index < -0.39 is 5.03 Å². The molecular weight excluding hydrogens is 140 g/mol. The van der Waals surface area contributed by atoms with Crippen LogP contribution in [0.2, 0.25) is 0 Å². The van der Waals surface area contributed by atoms with E-state index in [1.165, 1.54) is 0 Å². The molecule has 0 amide bonds. The molecule has 0 bridgehead atoms. The highest BCUT2D eigenvalue weighted by molar-refractivity contribution is 5.21. The van der Waals surface area contributed by atoms with Gasteiger partial charge in [0.2, 0.25) is 0 Å². The Morgan fingerprint density at radius 1 is 1.80 bits per heavy atom. The van der Waals surface area contributed by atoms with Gasteiger partial charge in [-0.2, -0.15) is 0 Å². The first-order chi connectivity index (χ1) is 4.29. The Hall–Kier alpha value is -1.70. The lowest BCUT2D eigenvalue weighted by Crippen LogP contribution is -1.86. The van der Waals surface area contributed by atoms with Gasteiger partial charge in [-0.25, -0.2) is 15.2 Å². The Morgan fingerprint density at radius 3 is 2.90 bits per heavy atom. The Morgan fingerprint density at radius 2 is 2.50 bits per heavy atom. The molecule has 0 fully saturated rings. The second-order valence-electron chi connectivity index (χ2n) is 1.15. The molecule has 10 heavy (non-hydrogen) atoms. The molecule has 1 rings (SSSR count). The monoisotopic (exact) mass is 146 g/mol. The number of aromatic amines is 1. The summed E-state index contributed by atoms with van der Waals surface area (Å²) in [5.41, 5.74) is 2.81. The van der Waals surface area contributed by atoms with Crippen molar-refractivity contribution in [1.82, 2.24) is 21.3 Å². The molecule has 56 valence electrons. The molecule has 1 aromatic rings. The molecule has 8 heteroatoms. The van der Waals surface area contributed by atoms with Gasteiger partial charge >= 0.3 is 0 Å². The van der Waals surface area contributed by atoms with Gasteiger partial charge in [-0.1, -0.05) is 5.43 Å². The minimum Gasteiger partial charge on any atom is -0.369 e. The van der Waals surface area contributed by atoms with Crippen LogP contribution in [0.4, 0.5) is 5.95 Å². The standard InChI is InChI=1S/C2H2N5O2.H3N/c8-7(9)6-2-3-1-4-5-2;/h1H,(H-,3,4,5,6);1H3/q-1;/p+1. The smallest absolute Gasteiger partial charge is 0.125 e. The van der Waals surface area contributed by atoms with E-state index in [-0.39, 0.29) is 12.1 Å². The van der Waals surface area contributed by atoms with Crippen LogP contribution in [0.1, 0.15) is 0 Å². The zero-order chi connectivity index (χ0) is 6.69. The number of quaternary nitrogens is 1. The number of H-pyrrole nitrogens is 1. The Labute approximate surface area is 55.4 Å². The topological polar surface area (TPSA) is 135 Å². The predicted octanol–water partition coefficient (Wildman–Crippen LogP) is 0.378. The van der Waals surface area contributed by atoms with Gasteiger partial charge in [0, 0.05) is 0 Å². The average Bonchev–Trinajstić information content (AvgIpc) is 2.15. The lowest BCUT2D eigenvalue weighted by molar-refractivity contribution is -0.419. The van der Waals surface area contributed by atoms with Crippen molar-refractivity contribution < 1.29 is 5.03 Å². The van der Waals surface area contributed by atoms with E-state index >= 15 is 0 Å². The number of nitrogens with one attached hydrogen (secondary N) is 1. The molecule has 1 aromatic heterocycles. The van der Waals surface area contributed by atoms with Crippen molar-refractivity contribution in [2.45, 2.75) is 0 Å². The molecular formula is C2H6N6O2. The fourth-order valence-electron chi connectivity index (χ4n) is 0.325. The van der Waals surface area contributed by atoms with E-state index in [4.69, 9.17) is 0 Å². The van der Waals surface area contributed by atoms with Crippen LogP contribution >= 0.6 is 0 Å². The van der Waals surface area contributed by atoms with Crippen LogP contribution in [0.15, 0.2) is 6.33 Å². The number of nitro groups is 1. The van der Waals surface area contributed by atoms with Crippen molar-refractivity contribution in [3.05, 3.63) is 21.9 Å². The minimum atomic E-state index is -0.847. The first-order valence-electron chi connectivity index (χ1n) is 2.00. The van der Waals surface area contributed by atoms with Crippen molar-refractivity contribution >= 4 is 5.95 Å². The van der Waals surface area contributed by atoms with Gasteiger partial charge in [0.1, 0.15) is 11.0 Å². The molecule has 0 radical (unpaired) electrons. The molecule has 0 spiro atoms. The Bertz CT molecular complexity index is 194. The zero-order valence-electron chi connectivity index (χ0n) is 5.18. The molecule has 1 heterocycles. The second-order valence-corrected chi connectivity index (χ2v) is 1.15. The molecule has 0 unspecified atom stereocenters. The van der Waals surface area contributed by atoms with E-state index in [0.29, 0.717) is 0 Å². The summed E-state index contributed by atoms with van der Waals surface area (Å²) in [6.45, 7) is 0. The maximum Gasteiger partial charge on any atom is 0.125 e. The highest BCUT2D eigenvalue weighted by Crippen LogP contribution is 2.05. The van der Waals surface area contributed by atoms with Gasteiger partial charge in [0.25, 0.3) is 0 Å². The summed E-state index contributed by atoms with van der Waals surface area (Å²) in [6, 6.07) is 0. The fourth-order valence-corrected chi connectivity index (χ4v) is 0.325. The molecule has 0 saturated carbocycles. The largest absolute Gasteiger partial charge is 0.369 e. The van der Waals surface area contributed by atoms with Gasteiger partial charge in [-0.15, -0.1) is 0 Å². The predicted molar refractivity (Wildman–Crippen MR) is 32.4 cm³/mol. The molecule has 0 atom stereocenters. The van der Waals surface area contributed by atoms with E-state index in [2.05, 4.69) is 20.6 Å². The summed E-state index contributed by atoms with van der Waals surface area (Å²) in [7, 11) is 0. The molecule has 0 aliphatic heterocycles. The van der Waals surface area contributed by atoms with E-state index in [0.717, 1.165) is 6.33 Å². The van der Waals surface area contributed by atoms with Crippen molar-refractivity contribution in [2.75, 3.05) is 0 Å². The molecule has 8 nitrogen and oxygen atoms in total. The molecule has 0 aliphatic rings. The summed E-state index contributed by atoms with van der Waals surface area (Å²) >= 11 is 0. The van der Waals surface area contributed by atoms with Crippen molar-refractivity contribution in [1.29, 1.82) is 0 Å². The van der Waals surface area contributed by atoms with Crippen LogP contribution in [0.25, 0.3) is 5.43 Å².